The van der Waals surface area contributed by atoms with Gasteiger partial charge in [0.25, 0.3) is 9.05 Å². The zero-order valence-electron chi connectivity index (χ0n) is 10.2. The summed E-state index contributed by atoms with van der Waals surface area (Å²) in [5, 5.41) is 1.01. The van der Waals surface area contributed by atoms with E-state index in [0.717, 1.165) is 42.1 Å². The van der Waals surface area contributed by atoms with Crippen LogP contribution in [0.4, 0.5) is 0 Å². The van der Waals surface area contributed by atoms with E-state index in [1.165, 1.54) is 0 Å². The first-order valence-corrected chi connectivity index (χ1v) is 8.64. The molecule has 5 heteroatoms. The zero-order chi connectivity index (χ0) is 13.1. The number of halogens is 1. The average molecular weight is 293 g/mol. The van der Waals surface area contributed by atoms with Gasteiger partial charge in [-0.2, -0.15) is 0 Å². The van der Waals surface area contributed by atoms with Gasteiger partial charge in [0.1, 0.15) is 0 Å². The summed E-state index contributed by atoms with van der Waals surface area (Å²) in [7, 11) is 4.52. The van der Waals surface area contributed by atoms with Crippen molar-refractivity contribution in [1.29, 1.82) is 0 Å². The van der Waals surface area contributed by atoms with E-state index in [9.17, 15) is 8.42 Å². The van der Waals surface area contributed by atoms with Crippen molar-refractivity contribution in [3.8, 4) is 0 Å². The van der Waals surface area contributed by atoms with Gasteiger partial charge in [0.15, 0.2) is 0 Å². The van der Waals surface area contributed by atoms with Crippen molar-refractivity contribution < 1.29 is 8.42 Å². The van der Waals surface area contributed by atoms with Crippen molar-refractivity contribution in [2.45, 2.75) is 44.4 Å². The van der Waals surface area contributed by atoms with Crippen molar-refractivity contribution in [2.75, 3.05) is 0 Å². The van der Waals surface area contributed by atoms with E-state index < -0.39 is 9.05 Å². The summed E-state index contributed by atoms with van der Waals surface area (Å²) in [5.41, 5.74) is 1.66. The molecule has 17 heavy (non-hydrogen) atoms. The number of aryl methyl sites for hydroxylation is 2. The molecule has 0 aromatic heterocycles. The second-order valence-electron chi connectivity index (χ2n) is 4.11. The summed E-state index contributed by atoms with van der Waals surface area (Å²) in [6.45, 7) is 4.05. The average Bonchev–Trinajstić information content (AvgIpc) is 2.15. The number of hydrogen-bond donors (Lipinski definition) is 0. The molecule has 0 aliphatic rings. The summed E-state index contributed by atoms with van der Waals surface area (Å²) in [5.74, 6) is 0. The number of hydrogen-bond acceptors (Lipinski definition) is 2. The highest BCUT2D eigenvalue weighted by Crippen LogP contribution is 2.26. The maximum absolute atomic E-state index is 11.7. The molecule has 0 saturated heterocycles. The minimum absolute atomic E-state index is 0.328. The quantitative estimate of drug-likeness (QED) is 0.617. The van der Waals surface area contributed by atoms with Gasteiger partial charge >= 0.3 is 0 Å². The molecule has 1 aromatic carbocycles. The van der Waals surface area contributed by atoms with Gasteiger partial charge < -0.3 is 0 Å². The Bertz CT molecular complexity index is 470. The predicted molar refractivity (Wildman–Crippen MR) is 76.8 cm³/mol. The Kier molecular flexibility index (Phi) is 5.43. The fraction of sp³-hybridized carbons (Fsp3) is 0.500. The largest absolute Gasteiger partial charge is 0.261 e. The van der Waals surface area contributed by atoms with E-state index >= 15 is 0 Å². The fourth-order valence-electron chi connectivity index (χ4n) is 2.00. The number of benzene rings is 1. The molecule has 1 aromatic rings. The normalized spacial score (nSPS) is 11.8. The van der Waals surface area contributed by atoms with E-state index in [2.05, 4.69) is 9.24 Å². The Morgan fingerprint density at radius 3 is 1.82 bits per heavy atom. The lowest BCUT2D eigenvalue weighted by Crippen LogP contribution is -2.08. The number of rotatable bonds is 5. The standard InChI is InChI=1S/C12H18ClO2PS/c1-3-5-9-7-11(16)8-10(6-4-2)12(9)17(13,14)15/h7-8H,3-6,16H2,1-2H3. The highest BCUT2D eigenvalue weighted by atomic mass is 35.7. The lowest BCUT2D eigenvalue weighted by atomic mass is 10.0. The van der Waals surface area contributed by atoms with E-state index in [1.54, 1.807) is 0 Å². The van der Waals surface area contributed by atoms with Gasteiger partial charge in [0, 0.05) is 10.7 Å². The molecule has 0 amide bonds. The second kappa shape index (κ2) is 6.17. The zero-order valence-corrected chi connectivity index (χ0v) is 12.9. The first-order valence-electron chi connectivity index (χ1n) is 5.76. The van der Waals surface area contributed by atoms with Crippen LogP contribution in [0.1, 0.15) is 37.8 Å². The predicted octanol–water partition coefficient (Wildman–Crippen LogP) is 3.02. The van der Waals surface area contributed by atoms with Crippen LogP contribution in [-0.2, 0) is 21.9 Å². The SMILES string of the molecule is CCCc1cc(P)cc(CCC)c1S(=O)(=O)Cl. The molecule has 0 aliphatic carbocycles. The minimum atomic E-state index is -3.66. The Morgan fingerprint density at radius 1 is 1.12 bits per heavy atom. The Balaban J connectivity index is 3.47. The summed E-state index contributed by atoms with van der Waals surface area (Å²) in [4.78, 5) is 0.328. The van der Waals surface area contributed by atoms with E-state index in [-0.39, 0.29) is 0 Å². The smallest absolute Gasteiger partial charge is 0.207 e. The van der Waals surface area contributed by atoms with Gasteiger partial charge in [-0.25, -0.2) is 8.42 Å². The van der Waals surface area contributed by atoms with Crippen LogP contribution in [0.5, 0.6) is 0 Å². The van der Waals surface area contributed by atoms with Crippen LogP contribution < -0.4 is 5.30 Å². The molecule has 1 atom stereocenters. The van der Waals surface area contributed by atoms with Crippen LogP contribution in [0.15, 0.2) is 17.0 Å². The Hall–Kier alpha value is -0.110. The van der Waals surface area contributed by atoms with Crippen LogP contribution in [0.3, 0.4) is 0 Å². The molecule has 0 radical (unpaired) electrons. The summed E-state index contributed by atoms with van der Waals surface area (Å²) in [6.07, 6.45) is 3.28. The Labute approximate surface area is 110 Å². The third kappa shape index (κ3) is 3.94. The van der Waals surface area contributed by atoms with Crippen molar-refractivity contribution >= 4 is 34.3 Å². The topological polar surface area (TPSA) is 34.1 Å². The van der Waals surface area contributed by atoms with E-state index in [1.807, 2.05) is 26.0 Å². The van der Waals surface area contributed by atoms with Gasteiger partial charge in [-0.15, -0.1) is 9.24 Å². The Morgan fingerprint density at radius 2 is 1.53 bits per heavy atom. The lowest BCUT2D eigenvalue weighted by molar-refractivity contribution is 0.606. The molecule has 0 spiro atoms. The first kappa shape index (κ1) is 14.9. The van der Waals surface area contributed by atoms with Crippen molar-refractivity contribution in [2.24, 2.45) is 0 Å². The fourth-order valence-corrected chi connectivity index (χ4v) is 3.95. The molecule has 0 aliphatic heterocycles. The van der Waals surface area contributed by atoms with Crippen LogP contribution in [0, 0.1) is 0 Å². The molecule has 0 N–H and O–H groups in total. The van der Waals surface area contributed by atoms with Crippen LogP contribution in [-0.4, -0.2) is 8.42 Å². The maximum Gasteiger partial charge on any atom is 0.261 e. The van der Waals surface area contributed by atoms with Gasteiger partial charge in [0.2, 0.25) is 0 Å². The summed E-state index contributed by atoms with van der Waals surface area (Å²) >= 11 is 0. The molecule has 0 bridgehead atoms. The van der Waals surface area contributed by atoms with Gasteiger partial charge in [0.05, 0.1) is 4.90 Å². The lowest BCUT2D eigenvalue weighted by Gasteiger charge is -2.13. The molecule has 96 valence electrons. The minimum Gasteiger partial charge on any atom is -0.207 e. The van der Waals surface area contributed by atoms with E-state index in [0.29, 0.717) is 4.90 Å². The molecular weight excluding hydrogens is 275 g/mol. The second-order valence-corrected chi connectivity index (χ2v) is 7.28. The molecule has 0 heterocycles. The highest BCUT2D eigenvalue weighted by Gasteiger charge is 2.20. The van der Waals surface area contributed by atoms with E-state index in [4.69, 9.17) is 10.7 Å². The molecule has 1 unspecified atom stereocenters. The van der Waals surface area contributed by atoms with Gasteiger partial charge in [-0.3, -0.25) is 0 Å². The summed E-state index contributed by atoms with van der Waals surface area (Å²) < 4.78 is 23.4. The molecular formula is C12H18ClO2PS. The molecule has 0 fully saturated rings. The van der Waals surface area contributed by atoms with Crippen molar-refractivity contribution in [1.82, 2.24) is 0 Å². The molecule has 0 saturated carbocycles. The van der Waals surface area contributed by atoms with Crippen LogP contribution in [0.25, 0.3) is 0 Å². The van der Waals surface area contributed by atoms with Crippen molar-refractivity contribution in [3.63, 3.8) is 0 Å². The van der Waals surface area contributed by atoms with Crippen molar-refractivity contribution in [3.05, 3.63) is 23.3 Å². The maximum atomic E-state index is 11.7. The third-order valence-electron chi connectivity index (χ3n) is 2.55. The third-order valence-corrected chi connectivity index (χ3v) is 4.36. The van der Waals surface area contributed by atoms with Crippen LogP contribution in [0.2, 0.25) is 0 Å². The van der Waals surface area contributed by atoms with Crippen LogP contribution >= 0.6 is 19.9 Å². The monoisotopic (exact) mass is 292 g/mol. The van der Waals surface area contributed by atoms with Gasteiger partial charge in [-0.1, -0.05) is 38.8 Å². The molecule has 1 rings (SSSR count). The molecule has 2 nitrogen and oxygen atoms in total. The summed E-state index contributed by atoms with van der Waals surface area (Å²) in [6, 6.07) is 3.78. The highest BCUT2D eigenvalue weighted by molar-refractivity contribution is 8.13. The van der Waals surface area contributed by atoms with Gasteiger partial charge in [-0.05, 0) is 29.3 Å². The first-order chi connectivity index (χ1) is 7.90.